The standard InChI is InChI=1S/C18H32N2/c1-7-9-16(5)20(6)13-18(19-8-2)17-12-14(3)10-11-15(17)4/h10-12,16,18-19H,7-9,13H2,1-6H3. The van der Waals surface area contributed by atoms with Crippen molar-refractivity contribution in [1.29, 1.82) is 0 Å². The molecule has 2 nitrogen and oxygen atoms in total. The molecule has 0 fully saturated rings. The number of nitrogens with one attached hydrogen (secondary N) is 1. The smallest absolute Gasteiger partial charge is 0.0451 e. The maximum Gasteiger partial charge on any atom is 0.0451 e. The van der Waals surface area contributed by atoms with Crippen LogP contribution in [0.5, 0.6) is 0 Å². The molecule has 0 aromatic heterocycles. The zero-order chi connectivity index (χ0) is 15.1. The van der Waals surface area contributed by atoms with E-state index < -0.39 is 0 Å². The Labute approximate surface area is 125 Å². The van der Waals surface area contributed by atoms with Gasteiger partial charge >= 0.3 is 0 Å². The number of hydrogen-bond acceptors (Lipinski definition) is 2. The second-order valence-electron chi connectivity index (χ2n) is 6.05. The van der Waals surface area contributed by atoms with E-state index in [0.717, 1.165) is 13.1 Å². The van der Waals surface area contributed by atoms with E-state index in [1.54, 1.807) is 0 Å². The molecule has 1 aromatic carbocycles. The lowest BCUT2D eigenvalue weighted by Crippen LogP contribution is -2.38. The third-order valence-corrected chi connectivity index (χ3v) is 4.19. The van der Waals surface area contributed by atoms with Crippen molar-refractivity contribution in [1.82, 2.24) is 10.2 Å². The molecule has 1 rings (SSSR count). The van der Waals surface area contributed by atoms with E-state index in [9.17, 15) is 0 Å². The van der Waals surface area contributed by atoms with E-state index in [0.29, 0.717) is 12.1 Å². The van der Waals surface area contributed by atoms with Crippen LogP contribution in [-0.4, -0.2) is 31.1 Å². The number of rotatable bonds is 8. The van der Waals surface area contributed by atoms with Gasteiger partial charge in [0, 0.05) is 18.6 Å². The minimum absolute atomic E-state index is 0.421. The van der Waals surface area contributed by atoms with E-state index in [1.807, 2.05) is 0 Å². The van der Waals surface area contributed by atoms with Crippen LogP contribution in [0.3, 0.4) is 0 Å². The molecule has 0 aliphatic carbocycles. The molecule has 0 saturated carbocycles. The zero-order valence-corrected chi connectivity index (χ0v) is 14.2. The van der Waals surface area contributed by atoms with E-state index in [4.69, 9.17) is 0 Å². The van der Waals surface area contributed by atoms with Crippen molar-refractivity contribution in [2.45, 2.75) is 59.5 Å². The number of benzene rings is 1. The van der Waals surface area contributed by atoms with Crippen LogP contribution in [0.25, 0.3) is 0 Å². The van der Waals surface area contributed by atoms with Gasteiger partial charge in [0.15, 0.2) is 0 Å². The predicted molar refractivity (Wildman–Crippen MR) is 89.3 cm³/mol. The van der Waals surface area contributed by atoms with Crippen molar-refractivity contribution < 1.29 is 0 Å². The molecule has 0 radical (unpaired) electrons. The molecule has 0 aliphatic heterocycles. The van der Waals surface area contributed by atoms with Crippen LogP contribution in [0, 0.1) is 13.8 Å². The molecule has 2 unspecified atom stereocenters. The second-order valence-corrected chi connectivity index (χ2v) is 6.05. The molecule has 1 aromatic rings. The van der Waals surface area contributed by atoms with E-state index in [1.165, 1.54) is 29.5 Å². The number of hydrogen-bond donors (Lipinski definition) is 1. The van der Waals surface area contributed by atoms with Crippen molar-refractivity contribution >= 4 is 0 Å². The van der Waals surface area contributed by atoms with Gasteiger partial charge in [-0.1, -0.05) is 44.0 Å². The first kappa shape index (κ1) is 17.2. The average molecular weight is 276 g/mol. The largest absolute Gasteiger partial charge is 0.309 e. The van der Waals surface area contributed by atoms with Gasteiger partial charge in [-0.2, -0.15) is 0 Å². The van der Waals surface area contributed by atoms with Crippen LogP contribution in [0.1, 0.15) is 56.3 Å². The Hall–Kier alpha value is -0.860. The van der Waals surface area contributed by atoms with E-state index in [-0.39, 0.29) is 0 Å². The summed E-state index contributed by atoms with van der Waals surface area (Å²) < 4.78 is 0. The van der Waals surface area contributed by atoms with Gasteiger partial charge in [-0.25, -0.2) is 0 Å². The van der Waals surface area contributed by atoms with Crippen LogP contribution in [0.2, 0.25) is 0 Å². The van der Waals surface area contributed by atoms with Gasteiger partial charge in [-0.3, -0.25) is 0 Å². The minimum Gasteiger partial charge on any atom is -0.309 e. The van der Waals surface area contributed by atoms with Crippen molar-refractivity contribution in [3.05, 3.63) is 34.9 Å². The third-order valence-electron chi connectivity index (χ3n) is 4.19. The topological polar surface area (TPSA) is 15.3 Å². The summed E-state index contributed by atoms with van der Waals surface area (Å²) in [5, 5.41) is 3.65. The molecule has 0 bridgehead atoms. The first-order valence-electron chi connectivity index (χ1n) is 8.00. The van der Waals surface area contributed by atoms with Crippen molar-refractivity contribution in [3.63, 3.8) is 0 Å². The van der Waals surface area contributed by atoms with E-state index >= 15 is 0 Å². The molecule has 2 heteroatoms. The summed E-state index contributed by atoms with van der Waals surface area (Å²) in [5.74, 6) is 0. The van der Waals surface area contributed by atoms with Crippen LogP contribution < -0.4 is 5.32 Å². The first-order chi connectivity index (χ1) is 9.49. The molecule has 114 valence electrons. The SMILES string of the molecule is CCCC(C)N(C)CC(NCC)c1cc(C)ccc1C. The van der Waals surface area contributed by atoms with Gasteiger partial charge < -0.3 is 10.2 Å². The fourth-order valence-electron chi connectivity index (χ4n) is 2.76. The number of likely N-dealkylation sites (N-methyl/N-ethyl adjacent to an activating group) is 2. The van der Waals surface area contributed by atoms with Crippen LogP contribution in [-0.2, 0) is 0 Å². The molecule has 0 saturated heterocycles. The molecule has 0 aliphatic rings. The number of aryl methyl sites for hydroxylation is 2. The maximum absolute atomic E-state index is 3.65. The predicted octanol–water partition coefficient (Wildman–Crippen LogP) is 4.07. The van der Waals surface area contributed by atoms with Gasteiger partial charge in [-0.15, -0.1) is 0 Å². The molecule has 2 atom stereocenters. The Kier molecular flexibility index (Phi) is 7.25. The highest BCUT2D eigenvalue weighted by Gasteiger charge is 2.17. The molecular formula is C18H32N2. The molecule has 0 amide bonds. The Morgan fingerprint density at radius 1 is 1.20 bits per heavy atom. The molecule has 0 spiro atoms. The van der Waals surface area contributed by atoms with E-state index in [2.05, 4.69) is 70.1 Å². The van der Waals surface area contributed by atoms with Crippen LogP contribution >= 0.6 is 0 Å². The lowest BCUT2D eigenvalue weighted by atomic mass is 9.98. The summed E-state index contributed by atoms with van der Waals surface area (Å²) in [6.45, 7) is 13.2. The molecule has 0 heterocycles. The quantitative estimate of drug-likeness (QED) is 0.770. The van der Waals surface area contributed by atoms with Gasteiger partial charge in [0.2, 0.25) is 0 Å². The highest BCUT2D eigenvalue weighted by molar-refractivity contribution is 5.33. The summed E-state index contributed by atoms with van der Waals surface area (Å²) in [5.41, 5.74) is 4.18. The Morgan fingerprint density at radius 2 is 1.90 bits per heavy atom. The summed E-state index contributed by atoms with van der Waals surface area (Å²) in [6, 6.07) is 7.84. The summed E-state index contributed by atoms with van der Waals surface area (Å²) in [4.78, 5) is 2.48. The van der Waals surface area contributed by atoms with Gasteiger partial charge in [0.05, 0.1) is 0 Å². The summed E-state index contributed by atoms with van der Waals surface area (Å²) >= 11 is 0. The third kappa shape index (κ3) is 4.92. The van der Waals surface area contributed by atoms with Crippen LogP contribution in [0.4, 0.5) is 0 Å². The monoisotopic (exact) mass is 276 g/mol. The Balaban J connectivity index is 2.85. The molecular weight excluding hydrogens is 244 g/mol. The second kappa shape index (κ2) is 8.43. The fraction of sp³-hybridized carbons (Fsp3) is 0.667. The summed E-state index contributed by atoms with van der Waals surface area (Å²) in [7, 11) is 2.25. The van der Waals surface area contributed by atoms with Crippen molar-refractivity contribution in [3.8, 4) is 0 Å². The normalized spacial score (nSPS) is 14.6. The Bertz CT molecular complexity index is 400. The van der Waals surface area contributed by atoms with Gasteiger partial charge in [0.1, 0.15) is 0 Å². The summed E-state index contributed by atoms with van der Waals surface area (Å²) in [6.07, 6.45) is 2.52. The minimum atomic E-state index is 0.421. The maximum atomic E-state index is 3.65. The molecule has 20 heavy (non-hydrogen) atoms. The van der Waals surface area contributed by atoms with Crippen molar-refractivity contribution in [2.24, 2.45) is 0 Å². The van der Waals surface area contributed by atoms with Gasteiger partial charge in [-0.05, 0) is 51.9 Å². The van der Waals surface area contributed by atoms with Gasteiger partial charge in [0.25, 0.3) is 0 Å². The highest BCUT2D eigenvalue weighted by Crippen LogP contribution is 2.21. The first-order valence-corrected chi connectivity index (χ1v) is 8.00. The molecule has 1 N–H and O–H groups in total. The van der Waals surface area contributed by atoms with Crippen LogP contribution in [0.15, 0.2) is 18.2 Å². The highest BCUT2D eigenvalue weighted by atomic mass is 15.1. The lowest BCUT2D eigenvalue weighted by molar-refractivity contribution is 0.219. The van der Waals surface area contributed by atoms with Crippen molar-refractivity contribution in [2.75, 3.05) is 20.1 Å². The zero-order valence-electron chi connectivity index (χ0n) is 14.2. The Morgan fingerprint density at radius 3 is 2.50 bits per heavy atom. The fourth-order valence-corrected chi connectivity index (χ4v) is 2.76. The average Bonchev–Trinajstić information content (AvgIpc) is 2.41. The number of nitrogens with zero attached hydrogens (tertiary/aromatic N) is 1. The lowest BCUT2D eigenvalue weighted by Gasteiger charge is -2.30.